The van der Waals surface area contributed by atoms with E-state index >= 15 is 0 Å². The fraction of sp³-hybridized carbons (Fsp3) is 0.222. The quantitative estimate of drug-likeness (QED) is 0.763. The zero-order valence-corrected chi connectivity index (χ0v) is 12.6. The van der Waals surface area contributed by atoms with Crippen molar-refractivity contribution in [1.29, 1.82) is 0 Å². The molecule has 0 bridgehead atoms. The highest BCUT2D eigenvalue weighted by Gasteiger charge is 2.18. The molecular weight excluding hydrogens is 290 g/mol. The highest BCUT2D eigenvalue weighted by Crippen LogP contribution is 2.18. The van der Waals surface area contributed by atoms with Crippen molar-refractivity contribution in [3.05, 3.63) is 73.4 Å². The van der Waals surface area contributed by atoms with E-state index in [-0.39, 0.29) is 11.1 Å². The van der Waals surface area contributed by atoms with Crippen LogP contribution in [-0.2, 0) is 12.8 Å². The fourth-order valence-corrected chi connectivity index (χ4v) is 3.18. The summed E-state index contributed by atoms with van der Waals surface area (Å²) in [6, 6.07) is 9.77. The monoisotopic (exact) mass is 307 g/mol. The molecule has 0 amide bonds. The van der Waals surface area contributed by atoms with E-state index in [1.54, 1.807) is 6.08 Å². The summed E-state index contributed by atoms with van der Waals surface area (Å²) < 4.78 is 1.34. The first-order valence-electron chi connectivity index (χ1n) is 7.86. The number of benzene rings is 1. The van der Waals surface area contributed by atoms with Crippen LogP contribution in [0, 0.1) is 0 Å². The maximum absolute atomic E-state index is 12.6. The molecule has 0 atom stereocenters. The Kier molecular flexibility index (Phi) is 3.26. The molecule has 3 aromatic rings. The summed E-state index contributed by atoms with van der Waals surface area (Å²) in [7, 11) is 0. The van der Waals surface area contributed by atoms with Gasteiger partial charge in [0.2, 0.25) is 0 Å². The third-order valence-electron chi connectivity index (χ3n) is 4.38. The van der Waals surface area contributed by atoms with Crippen LogP contribution in [0.2, 0.25) is 0 Å². The molecule has 1 aromatic carbocycles. The first kappa shape index (κ1) is 13.8. The molecule has 116 valence electrons. The van der Waals surface area contributed by atoms with E-state index in [2.05, 4.69) is 10.1 Å². The second-order valence-electron chi connectivity index (χ2n) is 5.88. The molecule has 2 aromatic heterocycles. The summed E-state index contributed by atoms with van der Waals surface area (Å²) >= 11 is 0. The molecule has 1 aliphatic carbocycles. The molecule has 0 spiro atoms. The summed E-state index contributed by atoms with van der Waals surface area (Å²) in [6.45, 7) is 0. The van der Waals surface area contributed by atoms with E-state index in [1.165, 1.54) is 4.52 Å². The predicted octanol–water partition coefficient (Wildman–Crippen LogP) is 2.37. The number of H-pyrrole nitrogens is 2. The van der Waals surface area contributed by atoms with Crippen LogP contribution >= 0.6 is 0 Å². The lowest BCUT2D eigenvalue weighted by Gasteiger charge is -2.14. The molecule has 2 heterocycles. The summed E-state index contributed by atoms with van der Waals surface area (Å²) in [5, 5.41) is 2.65. The number of aryl methyl sites for hydroxylation is 1. The van der Waals surface area contributed by atoms with Gasteiger partial charge in [-0.2, -0.15) is 4.52 Å². The SMILES string of the molecule is O=c1[nH]n2c(=O)c3c([nH]c2c1C=Cc1ccccc1)CCCC3. The maximum atomic E-state index is 12.6. The van der Waals surface area contributed by atoms with Gasteiger partial charge >= 0.3 is 0 Å². The first-order valence-corrected chi connectivity index (χ1v) is 7.86. The Hall–Kier alpha value is -2.82. The Bertz CT molecular complexity index is 1010. The van der Waals surface area contributed by atoms with E-state index in [4.69, 9.17) is 0 Å². The van der Waals surface area contributed by atoms with Gasteiger partial charge in [0.05, 0.1) is 5.56 Å². The average Bonchev–Trinajstić information content (AvgIpc) is 2.90. The van der Waals surface area contributed by atoms with Gasteiger partial charge in [0.1, 0.15) is 5.65 Å². The molecule has 0 radical (unpaired) electrons. The number of rotatable bonds is 2. The number of hydrogen-bond donors (Lipinski definition) is 2. The normalized spacial score (nSPS) is 14.4. The minimum absolute atomic E-state index is 0.107. The summed E-state index contributed by atoms with van der Waals surface area (Å²) in [6.07, 6.45) is 7.37. The molecule has 0 unspecified atom stereocenters. The van der Waals surface area contributed by atoms with Gasteiger partial charge in [-0.15, -0.1) is 0 Å². The Morgan fingerprint density at radius 3 is 2.61 bits per heavy atom. The van der Waals surface area contributed by atoms with Crippen molar-refractivity contribution in [2.75, 3.05) is 0 Å². The topological polar surface area (TPSA) is 70.1 Å². The van der Waals surface area contributed by atoms with Crippen molar-refractivity contribution < 1.29 is 0 Å². The third kappa shape index (κ3) is 2.34. The molecule has 23 heavy (non-hydrogen) atoms. The van der Waals surface area contributed by atoms with Crippen molar-refractivity contribution >= 4 is 17.8 Å². The van der Waals surface area contributed by atoms with Gasteiger partial charge < -0.3 is 4.98 Å². The van der Waals surface area contributed by atoms with E-state index in [0.717, 1.165) is 42.5 Å². The number of aromatic amines is 2. The van der Waals surface area contributed by atoms with E-state index in [1.807, 2.05) is 36.4 Å². The van der Waals surface area contributed by atoms with Crippen LogP contribution in [0.1, 0.15) is 35.2 Å². The van der Waals surface area contributed by atoms with Crippen LogP contribution in [0.3, 0.4) is 0 Å². The molecule has 1 aliphatic rings. The van der Waals surface area contributed by atoms with Gasteiger partial charge in [-0.05, 0) is 37.3 Å². The predicted molar refractivity (Wildman–Crippen MR) is 90.7 cm³/mol. The molecule has 0 saturated carbocycles. The van der Waals surface area contributed by atoms with Gasteiger partial charge in [0.15, 0.2) is 0 Å². The Balaban J connectivity index is 1.89. The molecule has 0 saturated heterocycles. The zero-order chi connectivity index (χ0) is 15.8. The number of fused-ring (bicyclic) bond motifs is 2. The Morgan fingerprint density at radius 1 is 1.00 bits per heavy atom. The van der Waals surface area contributed by atoms with E-state index in [9.17, 15) is 9.59 Å². The highest BCUT2D eigenvalue weighted by atomic mass is 16.1. The number of hydrogen-bond acceptors (Lipinski definition) is 2. The molecule has 0 fully saturated rings. The van der Waals surface area contributed by atoms with Crippen LogP contribution in [0.4, 0.5) is 0 Å². The largest absolute Gasteiger partial charge is 0.343 e. The molecule has 5 heteroatoms. The van der Waals surface area contributed by atoms with Crippen LogP contribution in [0.5, 0.6) is 0 Å². The fourth-order valence-electron chi connectivity index (χ4n) is 3.18. The number of aromatic nitrogens is 3. The van der Waals surface area contributed by atoms with Crippen molar-refractivity contribution in [1.82, 2.24) is 14.6 Å². The summed E-state index contributed by atoms with van der Waals surface area (Å²) in [4.78, 5) is 28.1. The van der Waals surface area contributed by atoms with Crippen LogP contribution in [0.25, 0.3) is 17.8 Å². The number of nitrogens with one attached hydrogen (secondary N) is 2. The van der Waals surface area contributed by atoms with Crippen molar-refractivity contribution in [3.63, 3.8) is 0 Å². The molecule has 2 N–H and O–H groups in total. The maximum Gasteiger partial charge on any atom is 0.276 e. The Labute approximate surface area is 132 Å². The minimum atomic E-state index is -0.257. The zero-order valence-electron chi connectivity index (χ0n) is 12.6. The molecule has 0 aliphatic heterocycles. The standard InChI is InChI=1S/C18H17N3O2/c22-17-14(11-10-12-6-2-1-3-7-12)16-19-15-9-5-4-8-13(15)18(23)21(16)20-17/h1-3,6-7,10-11,19H,4-5,8-9H2,(H,20,22). The van der Waals surface area contributed by atoms with E-state index < -0.39 is 0 Å². The minimum Gasteiger partial charge on any atom is -0.343 e. The lowest BCUT2D eigenvalue weighted by atomic mass is 9.97. The average molecular weight is 307 g/mol. The third-order valence-corrected chi connectivity index (χ3v) is 4.38. The summed E-state index contributed by atoms with van der Waals surface area (Å²) in [5.74, 6) is 0. The van der Waals surface area contributed by atoms with Gasteiger partial charge in [-0.1, -0.05) is 36.4 Å². The van der Waals surface area contributed by atoms with Crippen LogP contribution < -0.4 is 11.1 Å². The Morgan fingerprint density at radius 2 is 1.78 bits per heavy atom. The van der Waals surface area contributed by atoms with Crippen molar-refractivity contribution in [2.24, 2.45) is 0 Å². The first-order chi connectivity index (χ1) is 11.2. The lowest BCUT2D eigenvalue weighted by molar-refractivity contribution is 0.651. The molecular formula is C18H17N3O2. The van der Waals surface area contributed by atoms with Crippen molar-refractivity contribution in [3.8, 4) is 0 Å². The van der Waals surface area contributed by atoms with Gasteiger partial charge in [-0.25, -0.2) is 0 Å². The highest BCUT2D eigenvalue weighted by molar-refractivity contribution is 5.76. The molecule has 4 rings (SSSR count). The lowest BCUT2D eigenvalue weighted by Crippen LogP contribution is -2.25. The van der Waals surface area contributed by atoms with Gasteiger partial charge in [-0.3, -0.25) is 14.7 Å². The second-order valence-corrected chi connectivity index (χ2v) is 5.88. The van der Waals surface area contributed by atoms with Crippen molar-refractivity contribution in [2.45, 2.75) is 25.7 Å². The van der Waals surface area contributed by atoms with Gasteiger partial charge in [0.25, 0.3) is 11.1 Å². The summed E-state index contributed by atoms with van der Waals surface area (Å²) in [5.41, 5.74) is 3.44. The second kappa shape index (κ2) is 5.43. The molecule has 5 nitrogen and oxygen atoms in total. The van der Waals surface area contributed by atoms with Crippen LogP contribution in [0.15, 0.2) is 39.9 Å². The number of nitrogens with zero attached hydrogens (tertiary/aromatic N) is 1. The smallest absolute Gasteiger partial charge is 0.276 e. The van der Waals surface area contributed by atoms with E-state index in [0.29, 0.717) is 11.2 Å². The van der Waals surface area contributed by atoms with Gasteiger partial charge in [0, 0.05) is 11.3 Å². The van der Waals surface area contributed by atoms with Crippen LogP contribution in [-0.4, -0.2) is 14.6 Å².